The predicted octanol–water partition coefficient (Wildman–Crippen LogP) is 5.76. The van der Waals surface area contributed by atoms with E-state index in [2.05, 4.69) is 34.6 Å². The van der Waals surface area contributed by atoms with E-state index in [-0.39, 0.29) is 11.7 Å². The largest absolute Gasteiger partial charge is 0.317 e. The van der Waals surface area contributed by atoms with Crippen LogP contribution in [0, 0.1) is 13.8 Å². The molecule has 1 N–H and O–H groups in total. The first-order chi connectivity index (χ1) is 15.0. The van der Waals surface area contributed by atoms with Gasteiger partial charge in [0.05, 0.1) is 5.92 Å². The third-order valence-corrected chi connectivity index (χ3v) is 6.52. The van der Waals surface area contributed by atoms with Crippen molar-refractivity contribution in [1.82, 2.24) is 10.3 Å². The summed E-state index contributed by atoms with van der Waals surface area (Å²) in [6, 6.07) is 18.5. The molecular weight excluding hydrogens is 404 g/mol. The molecule has 1 fully saturated rings. The topological polar surface area (TPSA) is 42.0 Å². The molecule has 0 spiro atoms. The Morgan fingerprint density at radius 2 is 1.81 bits per heavy atom. The number of carbonyl (C=O) groups excluding carboxylic acids is 1. The van der Waals surface area contributed by atoms with Gasteiger partial charge in [-0.3, -0.25) is 9.78 Å². The lowest BCUT2D eigenvalue weighted by atomic mass is 9.82. The van der Waals surface area contributed by atoms with Gasteiger partial charge in [0.1, 0.15) is 5.78 Å². The highest BCUT2D eigenvalue weighted by atomic mass is 35.5. The molecule has 1 saturated heterocycles. The maximum atomic E-state index is 13.6. The van der Waals surface area contributed by atoms with E-state index in [9.17, 15) is 4.79 Å². The van der Waals surface area contributed by atoms with Gasteiger partial charge in [-0.15, -0.1) is 0 Å². The van der Waals surface area contributed by atoms with Crippen molar-refractivity contribution in [2.24, 2.45) is 0 Å². The van der Waals surface area contributed by atoms with Crippen molar-refractivity contribution in [2.75, 3.05) is 13.1 Å². The second kappa shape index (κ2) is 9.76. The minimum absolute atomic E-state index is 0.186. The highest BCUT2D eigenvalue weighted by Gasteiger charge is 2.25. The number of piperidine rings is 1. The zero-order chi connectivity index (χ0) is 21.8. The van der Waals surface area contributed by atoms with Crippen LogP contribution in [-0.2, 0) is 11.2 Å². The summed E-state index contributed by atoms with van der Waals surface area (Å²) in [5.74, 6) is 0.472. The fourth-order valence-electron chi connectivity index (χ4n) is 4.64. The normalized spacial score (nSPS) is 15.6. The van der Waals surface area contributed by atoms with Crippen LogP contribution in [0.25, 0.3) is 0 Å². The van der Waals surface area contributed by atoms with Crippen LogP contribution in [0.1, 0.15) is 58.2 Å². The van der Waals surface area contributed by atoms with E-state index < -0.39 is 0 Å². The number of Topliss-reactive ketones (excluding diaryl/α,β-unsaturated/α-hetero) is 1. The minimum atomic E-state index is -0.312. The van der Waals surface area contributed by atoms with E-state index in [0.29, 0.717) is 17.4 Å². The monoisotopic (exact) mass is 432 g/mol. The molecule has 4 rings (SSSR count). The van der Waals surface area contributed by atoms with E-state index >= 15 is 0 Å². The van der Waals surface area contributed by atoms with Crippen molar-refractivity contribution in [3.63, 3.8) is 0 Å². The number of pyridine rings is 1. The number of nitrogens with one attached hydrogen (secondary N) is 1. The van der Waals surface area contributed by atoms with Crippen LogP contribution in [0.4, 0.5) is 0 Å². The van der Waals surface area contributed by atoms with Gasteiger partial charge in [-0.25, -0.2) is 0 Å². The van der Waals surface area contributed by atoms with E-state index in [4.69, 9.17) is 11.6 Å². The van der Waals surface area contributed by atoms with Crippen molar-refractivity contribution in [2.45, 2.75) is 44.9 Å². The van der Waals surface area contributed by atoms with Gasteiger partial charge in [0, 0.05) is 23.3 Å². The van der Waals surface area contributed by atoms with Crippen molar-refractivity contribution in [3.8, 4) is 0 Å². The van der Waals surface area contributed by atoms with Crippen LogP contribution in [0.3, 0.4) is 0 Å². The summed E-state index contributed by atoms with van der Waals surface area (Å²) in [5.41, 5.74) is 6.40. The number of hydrogen-bond acceptors (Lipinski definition) is 3. The maximum Gasteiger partial charge on any atom is 0.149 e. The van der Waals surface area contributed by atoms with Crippen LogP contribution in [-0.4, -0.2) is 23.9 Å². The Labute approximate surface area is 189 Å². The number of nitrogens with zero attached hydrogens (tertiary/aromatic N) is 1. The average Bonchev–Trinajstić information content (AvgIpc) is 2.76. The van der Waals surface area contributed by atoms with Gasteiger partial charge in [-0.2, -0.15) is 0 Å². The molecule has 4 heteroatoms. The molecule has 160 valence electrons. The maximum absolute atomic E-state index is 13.6. The third-order valence-electron chi connectivity index (χ3n) is 6.28. The Bertz CT molecular complexity index is 1060. The zero-order valence-electron chi connectivity index (χ0n) is 18.2. The Kier molecular flexibility index (Phi) is 6.84. The molecule has 31 heavy (non-hydrogen) atoms. The second-order valence-corrected chi connectivity index (χ2v) is 9.01. The molecule has 1 aliphatic heterocycles. The van der Waals surface area contributed by atoms with Gasteiger partial charge in [-0.05, 0) is 97.8 Å². The van der Waals surface area contributed by atoms with Gasteiger partial charge in [0.15, 0.2) is 0 Å². The Morgan fingerprint density at radius 1 is 1.06 bits per heavy atom. The molecule has 2 heterocycles. The summed E-state index contributed by atoms with van der Waals surface area (Å²) < 4.78 is 0. The number of halogens is 1. The first kappa shape index (κ1) is 21.7. The summed E-state index contributed by atoms with van der Waals surface area (Å²) in [5, 5.41) is 4.12. The van der Waals surface area contributed by atoms with Gasteiger partial charge in [-0.1, -0.05) is 41.9 Å². The first-order valence-corrected chi connectivity index (χ1v) is 11.4. The molecule has 3 nitrogen and oxygen atoms in total. The molecule has 0 saturated carbocycles. The SMILES string of the molecule is Cc1cc(CC(=O)C(c2ccc(C3CCNCC3)cc2)c2ccc(Cl)cc2C)ccn1. The second-order valence-electron chi connectivity index (χ2n) is 8.57. The number of aromatic nitrogens is 1. The van der Waals surface area contributed by atoms with Crippen molar-refractivity contribution >= 4 is 17.4 Å². The number of hydrogen-bond donors (Lipinski definition) is 1. The molecule has 1 aromatic heterocycles. The Hall–Kier alpha value is -2.49. The fourth-order valence-corrected chi connectivity index (χ4v) is 4.86. The van der Waals surface area contributed by atoms with Gasteiger partial charge in [0.25, 0.3) is 0 Å². The lowest BCUT2D eigenvalue weighted by Crippen LogP contribution is -2.26. The third kappa shape index (κ3) is 5.23. The smallest absolute Gasteiger partial charge is 0.149 e. The molecule has 0 radical (unpaired) electrons. The van der Waals surface area contributed by atoms with E-state index in [1.165, 1.54) is 18.4 Å². The number of rotatable bonds is 6. The van der Waals surface area contributed by atoms with Crippen LogP contribution in [0.2, 0.25) is 5.02 Å². The van der Waals surface area contributed by atoms with E-state index in [0.717, 1.165) is 41.0 Å². The Balaban J connectivity index is 1.67. The van der Waals surface area contributed by atoms with Gasteiger partial charge in [0.2, 0.25) is 0 Å². The molecule has 1 atom stereocenters. The zero-order valence-corrected chi connectivity index (χ0v) is 19.0. The summed E-state index contributed by atoms with van der Waals surface area (Å²) in [6.45, 7) is 6.13. The molecule has 0 aliphatic carbocycles. The molecule has 3 aromatic rings. The van der Waals surface area contributed by atoms with Gasteiger partial charge < -0.3 is 5.32 Å². The molecule has 2 aromatic carbocycles. The van der Waals surface area contributed by atoms with Crippen molar-refractivity contribution in [1.29, 1.82) is 0 Å². The molecule has 1 unspecified atom stereocenters. The molecule has 1 aliphatic rings. The van der Waals surface area contributed by atoms with Crippen molar-refractivity contribution in [3.05, 3.63) is 99.3 Å². The molecule has 0 bridgehead atoms. The molecule has 0 amide bonds. The first-order valence-electron chi connectivity index (χ1n) is 11.0. The molecular formula is C27H29ClN2O. The Morgan fingerprint density at radius 3 is 2.48 bits per heavy atom. The van der Waals surface area contributed by atoms with Crippen LogP contribution < -0.4 is 5.32 Å². The van der Waals surface area contributed by atoms with Gasteiger partial charge >= 0.3 is 0 Å². The predicted molar refractivity (Wildman–Crippen MR) is 127 cm³/mol. The van der Waals surface area contributed by atoms with Crippen LogP contribution in [0.15, 0.2) is 60.8 Å². The van der Waals surface area contributed by atoms with Crippen LogP contribution in [0.5, 0.6) is 0 Å². The lowest BCUT2D eigenvalue weighted by molar-refractivity contribution is -0.119. The summed E-state index contributed by atoms with van der Waals surface area (Å²) in [6.07, 6.45) is 4.49. The van der Waals surface area contributed by atoms with Crippen LogP contribution >= 0.6 is 11.6 Å². The highest BCUT2D eigenvalue weighted by molar-refractivity contribution is 6.30. The summed E-state index contributed by atoms with van der Waals surface area (Å²) >= 11 is 6.20. The standard InChI is InChI=1S/C27H29ClN2O/c1-18-15-24(28)7-8-25(18)27(26(31)17-20-9-14-30-19(2)16-20)23-5-3-21(4-6-23)22-10-12-29-13-11-22/h3-9,14-16,22,27,29H,10-13,17H2,1-2H3. The van der Waals surface area contributed by atoms with E-state index in [1.807, 2.05) is 44.2 Å². The minimum Gasteiger partial charge on any atom is -0.317 e. The number of carbonyl (C=O) groups is 1. The summed E-state index contributed by atoms with van der Waals surface area (Å²) in [7, 11) is 0. The number of benzene rings is 2. The summed E-state index contributed by atoms with van der Waals surface area (Å²) in [4.78, 5) is 17.8. The highest BCUT2D eigenvalue weighted by Crippen LogP contribution is 2.33. The van der Waals surface area contributed by atoms with E-state index in [1.54, 1.807) is 6.20 Å². The number of ketones is 1. The quantitative estimate of drug-likeness (QED) is 0.538. The lowest BCUT2D eigenvalue weighted by Gasteiger charge is -2.24. The number of aryl methyl sites for hydroxylation is 2. The fraction of sp³-hybridized carbons (Fsp3) is 0.333. The van der Waals surface area contributed by atoms with Crippen molar-refractivity contribution < 1.29 is 4.79 Å². The average molecular weight is 433 g/mol.